The number of carbonyl (C=O) groups is 2. The highest BCUT2D eigenvalue weighted by molar-refractivity contribution is 6.06. The molecule has 28 heavy (non-hydrogen) atoms. The molecule has 3 aromatic rings. The fraction of sp³-hybridized carbons (Fsp3) is 0.333. The van der Waals surface area contributed by atoms with Crippen LogP contribution in [0.4, 0.5) is 4.79 Å². The highest BCUT2D eigenvalue weighted by atomic mass is 16.4. The highest BCUT2D eigenvalue weighted by Gasteiger charge is 2.33. The maximum absolute atomic E-state index is 13.0. The van der Waals surface area contributed by atoms with Crippen molar-refractivity contribution in [2.24, 2.45) is 5.92 Å². The smallest absolute Gasteiger partial charge is 0.407 e. The summed E-state index contributed by atoms with van der Waals surface area (Å²) in [5.74, 6) is -0.105. The average Bonchev–Trinajstić information content (AvgIpc) is 3.21. The monoisotopic (exact) mass is 378 g/mol. The molecule has 2 heterocycles. The Balaban J connectivity index is 1.44. The van der Waals surface area contributed by atoms with Crippen molar-refractivity contribution in [1.82, 2.24) is 19.9 Å². The number of nitrogens with zero attached hydrogens (tertiary/aromatic N) is 3. The molecule has 1 amide bonds. The number of Topliss-reactive ketones (excluding diaryl/α,β-unsaturated/α-hetero) is 1. The van der Waals surface area contributed by atoms with Gasteiger partial charge in [0.15, 0.2) is 5.78 Å². The van der Waals surface area contributed by atoms with E-state index < -0.39 is 6.09 Å². The summed E-state index contributed by atoms with van der Waals surface area (Å²) in [5.41, 5.74) is 2.08. The van der Waals surface area contributed by atoms with Crippen LogP contribution < -0.4 is 0 Å². The normalized spacial score (nSPS) is 19.4. The molecule has 1 aliphatic rings. The number of benzene rings is 1. The van der Waals surface area contributed by atoms with E-state index in [1.54, 1.807) is 6.20 Å². The van der Waals surface area contributed by atoms with E-state index in [0.29, 0.717) is 43.6 Å². The predicted octanol–water partition coefficient (Wildman–Crippen LogP) is 3.88. The molecule has 0 spiro atoms. The van der Waals surface area contributed by atoms with Gasteiger partial charge in [-0.05, 0) is 37.3 Å². The van der Waals surface area contributed by atoms with Gasteiger partial charge in [0.25, 0.3) is 0 Å². The molecule has 0 bridgehead atoms. The molecule has 2 N–H and O–H groups in total. The van der Waals surface area contributed by atoms with E-state index in [0.717, 1.165) is 10.9 Å². The fourth-order valence-corrected chi connectivity index (χ4v) is 4.04. The largest absolute Gasteiger partial charge is 0.465 e. The minimum absolute atomic E-state index is 0.0235. The molecule has 2 aromatic heterocycles. The Hall–Kier alpha value is -3.22. The van der Waals surface area contributed by atoms with E-state index in [1.807, 2.05) is 36.4 Å². The quantitative estimate of drug-likeness (QED) is 0.657. The lowest BCUT2D eigenvalue weighted by Gasteiger charge is -2.35. The molecule has 1 fully saturated rings. The van der Waals surface area contributed by atoms with Gasteiger partial charge in [-0.25, -0.2) is 14.8 Å². The Morgan fingerprint density at radius 2 is 1.82 bits per heavy atom. The Morgan fingerprint density at radius 3 is 2.54 bits per heavy atom. The molecule has 0 unspecified atom stereocenters. The second-order valence-electron chi connectivity index (χ2n) is 7.23. The van der Waals surface area contributed by atoms with Crippen LogP contribution in [0, 0.1) is 5.92 Å². The molecule has 0 saturated heterocycles. The molecule has 0 atom stereocenters. The number of hydrogen-bond donors (Lipinski definition) is 2. The predicted molar refractivity (Wildman–Crippen MR) is 104 cm³/mol. The third-order valence-electron chi connectivity index (χ3n) is 5.54. The van der Waals surface area contributed by atoms with Crippen molar-refractivity contribution < 1.29 is 14.7 Å². The van der Waals surface area contributed by atoms with Crippen molar-refractivity contribution >= 4 is 22.9 Å². The van der Waals surface area contributed by atoms with E-state index in [-0.39, 0.29) is 17.7 Å². The molecular weight excluding hydrogens is 356 g/mol. The topological polar surface area (TPSA) is 99.2 Å². The molecule has 7 nitrogen and oxygen atoms in total. The SMILES string of the molecule is O=C(c1ncnc2[nH]ccc12)C1CCC(N(Cc2ccccc2)C(=O)O)CC1. The number of aromatic amines is 1. The number of ketones is 1. The summed E-state index contributed by atoms with van der Waals surface area (Å²) in [6.45, 7) is 0.370. The van der Waals surface area contributed by atoms with E-state index in [1.165, 1.54) is 11.2 Å². The minimum Gasteiger partial charge on any atom is -0.465 e. The van der Waals surface area contributed by atoms with Gasteiger partial charge < -0.3 is 15.0 Å². The summed E-state index contributed by atoms with van der Waals surface area (Å²) in [5, 5.41) is 10.4. The van der Waals surface area contributed by atoms with Crippen LogP contribution in [0.3, 0.4) is 0 Å². The van der Waals surface area contributed by atoms with Crippen molar-refractivity contribution in [2.75, 3.05) is 0 Å². The van der Waals surface area contributed by atoms with Gasteiger partial charge in [0.05, 0.1) is 0 Å². The van der Waals surface area contributed by atoms with Crippen LogP contribution in [-0.2, 0) is 6.54 Å². The van der Waals surface area contributed by atoms with Crippen molar-refractivity contribution in [3.05, 3.63) is 60.2 Å². The van der Waals surface area contributed by atoms with Gasteiger partial charge in [-0.2, -0.15) is 0 Å². The summed E-state index contributed by atoms with van der Waals surface area (Å²) in [4.78, 5) is 37.6. The minimum atomic E-state index is -0.913. The zero-order valence-corrected chi connectivity index (χ0v) is 15.4. The van der Waals surface area contributed by atoms with E-state index in [2.05, 4.69) is 15.0 Å². The zero-order chi connectivity index (χ0) is 19.5. The number of amides is 1. The van der Waals surface area contributed by atoms with Gasteiger partial charge in [0.2, 0.25) is 0 Å². The molecule has 144 valence electrons. The maximum Gasteiger partial charge on any atom is 0.407 e. The van der Waals surface area contributed by atoms with Crippen LogP contribution in [0.5, 0.6) is 0 Å². The van der Waals surface area contributed by atoms with Crippen molar-refractivity contribution in [1.29, 1.82) is 0 Å². The Kier molecular flexibility index (Phi) is 5.06. The first-order valence-electron chi connectivity index (χ1n) is 9.49. The summed E-state index contributed by atoms with van der Waals surface area (Å²) in [7, 11) is 0. The van der Waals surface area contributed by atoms with Gasteiger partial charge in [-0.1, -0.05) is 30.3 Å². The van der Waals surface area contributed by atoms with Crippen molar-refractivity contribution in [2.45, 2.75) is 38.3 Å². The fourth-order valence-electron chi connectivity index (χ4n) is 4.04. The number of aromatic nitrogens is 3. The number of carboxylic acid groups (broad SMARTS) is 1. The number of rotatable bonds is 5. The van der Waals surface area contributed by atoms with Crippen molar-refractivity contribution in [3.8, 4) is 0 Å². The summed E-state index contributed by atoms with van der Waals surface area (Å²) < 4.78 is 0. The van der Waals surface area contributed by atoms with Crippen LogP contribution in [-0.4, -0.2) is 42.9 Å². The molecule has 1 saturated carbocycles. The lowest BCUT2D eigenvalue weighted by atomic mass is 9.81. The Morgan fingerprint density at radius 1 is 1.07 bits per heavy atom. The van der Waals surface area contributed by atoms with Crippen LogP contribution in [0.2, 0.25) is 0 Å². The maximum atomic E-state index is 13.0. The lowest BCUT2D eigenvalue weighted by Crippen LogP contribution is -2.42. The van der Waals surface area contributed by atoms with Gasteiger partial charge in [-0.15, -0.1) is 0 Å². The molecule has 0 aliphatic heterocycles. The van der Waals surface area contributed by atoms with E-state index in [9.17, 15) is 14.7 Å². The Labute approximate surface area is 162 Å². The summed E-state index contributed by atoms with van der Waals surface area (Å²) in [6.07, 6.45) is 4.93. The van der Waals surface area contributed by atoms with Crippen LogP contribution in [0.25, 0.3) is 11.0 Å². The number of carbonyl (C=O) groups excluding carboxylic acids is 1. The van der Waals surface area contributed by atoms with Gasteiger partial charge in [0, 0.05) is 30.1 Å². The van der Waals surface area contributed by atoms with Crippen LogP contribution in [0.15, 0.2) is 48.9 Å². The first-order chi connectivity index (χ1) is 13.6. The van der Waals surface area contributed by atoms with Gasteiger partial charge >= 0.3 is 6.09 Å². The molecule has 4 rings (SSSR count). The lowest BCUT2D eigenvalue weighted by molar-refractivity contribution is 0.0791. The number of fused-ring (bicyclic) bond motifs is 1. The standard InChI is InChI=1S/C21H22N4O3/c26-19(18-17-10-11-22-20(17)24-13-23-18)15-6-8-16(9-7-15)25(21(27)28)12-14-4-2-1-3-5-14/h1-5,10-11,13,15-16H,6-9,12H2,(H,27,28)(H,22,23,24). The van der Waals surface area contributed by atoms with E-state index >= 15 is 0 Å². The first kappa shape index (κ1) is 18.2. The van der Waals surface area contributed by atoms with Crippen molar-refractivity contribution in [3.63, 3.8) is 0 Å². The number of nitrogens with one attached hydrogen (secondary N) is 1. The molecule has 1 aromatic carbocycles. The third-order valence-corrected chi connectivity index (χ3v) is 5.54. The first-order valence-corrected chi connectivity index (χ1v) is 9.49. The molecule has 7 heteroatoms. The molecule has 0 radical (unpaired) electrons. The van der Waals surface area contributed by atoms with Crippen LogP contribution >= 0.6 is 0 Å². The third kappa shape index (κ3) is 3.60. The van der Waals surface area contributed by atoms with E-state index in [4.69, 9.17) is 0 Å². The highest BCUT2D eigenvalue weighted by Crippen LogP contribution is 2.31. The number of H-pyrrole nitrogens is 1. The number of hydrogen-bond acceptors (Lipinski definition) is 4. The Bertz CT molecular complexity index is 977. The zero-order valence-electron chi connectivity index (χ0n) is 15.4. The van der Waals surface area contributed by atoms with Crippen LogP contribution in [0.1, 0.15) is 41.7 Å². The van der Waals surface area contributed by atoms with Gasteiger partial charge in [-0.3, -0.25) is 4.79 Å². The summed E-state index contributed by atoms with van der Waals surface area (Å²) >= 11 is 0. The molecular formula is C21H22N4O3. The molecule has 1 aliphatic carbocycles. The second-order valence-corrected chi connectivity index (χ2v) is 7.23. The average molecular weight is 378 g/mol. The summed E-state index contributed by atoms with van der Waals surface area (Å²) in [6, 6.07) is 11.4. The second kappa shape index (κ2) is 7.80. The van der Waals surface area contributed by atoms with Gasteiger partial charge in [0.1, 0.15) is 17.7 Å².